The Hall–Kier alpha value is -1.32. The molecule has 0 N–H and O–H groups in total. The molecule has 1 rings (SSSR count). The van der Waals surface area contributed by atoms with Crippen LogP contribution in [0.5, 0.6) is 0 Å². The average Bonchev–Trinajstić information content (AvgIpc) is 2.30. The van der Waals surface area contributed by atoms with Crippen LogP contribution < -0.4 is 12.4 Å². The van der Waals surface area contributed by atoms with E-state index in [0.29, 0.717) is 13.1 Å². The number of hydrogen-bond donors (Lipinski definition) is 0. The second kappa shape index (κ2) is 7.09. The highest BCUT2D eigenvalue weighted by molar-refractivity contribution is 5.80. The SMILES string of the molecule is C=CC(=O)O[N+](C)(CC)Cc1ccccc1.[Cl-]. The second-order valence-corrected chi connectivity index (χ2v) is 3.87. The van der Waals surface area contributed by atoms with Crippen molar-refractivity contribution >= 4 is 5.97 Å². The Bertz CT molecular complexity index is 367. The number of hydrogen-bond acceptors (Lipinski definition) is 2. The van der Waals surface area contributed by atoms with Gasteiger partial charge in [-0.25, -0.2) is 4.79 Å². The first-order chi connectivity index (χ1) is 7.59. The lowest BCUT2D eigenvalue weighted by Gasteiger charge is -2.28. The first-order valence-corrected chi connectivity index (χ1v) is 5.34. The number of carbonyl (C=O) groups excluding carboxylic acids is 1. The van der Waals surface area contributed by atoms with Crippen LogP contribution in [0.15, 0.2) is 43.0 Å². The van der Waals surface area contributed by atoms with Gasteiger partial charge in [0.1, 0.15) is 20.1 Å². The van der Waals surface area contributed by atoms with Gasteiger partial charge in [-0.15, -0.1) is 4.65 Å². The van der Waals surface area contributed by atoms with E-state index in [2.05, 4.69) is 6.58 Å². The van der Waals surface area contributed by atoms with E-state index in [4.69, 9.17) is 4.84 Å². The van der Waals surface area contributed by atoms with Gasteiger partial charge < -0.3 is 12.4 Å². The minimum Gasteiger partial charge on any atom is -1.00 e. The molecule has 17 heavy (non-hydrogen) atoms. The van der Waals surface area contributed by atoms with Crippen LogP contribution in [-0.4, -0.2) is 24.2 Å². The van der Waals surface area contributed by atoms with Gasteiger partial charge in [-0.3, -0.25) is 4.84 Å². The van der Waals surface area contributed by atoms with Crippen LogP contribution in [0, 0.1) is 0 Å². The van der Waals surface area contributed by atoms with E-state index in [-0.39, 0.29) is 23.0 Å². The summed E-state index contributed by atoms with van der Waals surface area (Å²) in [5.74, 6) is -0.389. The summed E-state index contributed by atoms with van der Waals surface area (Å²) >= 11 is 0. The fourth-order valence-corrected chi connectivity index (χ4v) is 1.43. The molecule has 3 nitrogen and oxygen atoms in total. The van der Waals surface area contributed by atoms with E-state index in [9.17, 15) is 4.79 Å². The first-order valence-electron chi connectivity index (χ1n) is 5.34. The monoisotopic (exact) mass is 255 g/mol. The maximum atomic E-state index is 11.2. The van der Waals surface area contributed by atoms with E-state index in [1.807, 2.05) is 44.3 Å². The molecule has 0 aliphatic heterocycles. The molecule has 0 saturated heterocycles. The van der Waals surface area contributed by atoms with Crippen LogP contribution in [0.2, 0.25) is 0 Å². The number of halogens is 1. The molecule has 1 aromatic carbocycles. The van der Waals surface area contributed by atoms with Crippen molar-refractivity contribution < 1.29 is 26.7 Å². The Morgan fingerprint density at radius 3 is 2.47 bits per heavy atom. The first kappa shape index (κ1) is 15.7. The molecule has 4 heteroatoms. The Morgan fingerprint density at radius 1 is 1.41 bits per heavy atom. The molecule has 1 atom stereocenters. The number of nitrogens with zero attached hydrogens (tertiary/aromatic N) is 1. The van der Waals surface area contributed by atoms with Gasteiger partial charge in [0.2, 0.25) is 0 Å². The van der Waals surface area contributed by atoms with Crippen molar-refractivity contribution in [2.75, 3.05) is 13.6 Å². The van der Waals surface area contributed by atoms with Gasteiger partial charge in [0.25, 0.3) is 0 Å². The summed E-state index contributed by atoms with van der Waals surface area (Å²) < 4.78 is 0.231. The molecule has 94 valence electrons. The fourth-order valence-electron chi connectivity index (χ4n) is 1.43. The van der Waals surface area contributed by atoms with Crippen LogP contribution in [0.4, 0.5) is 0 Å². The third-order valence-corrected chi connectivity index (χ3v) is 2.51. The van der Waals surface area contributed by atoms with Crippen LogP contribution in [0.1, 0.15) is 12.5 Å². The zero-order chi connectivity index (χ0) is 12.0. The lowest BCUT2D eigenvalue weighted by Crippen LogP contribution is -3.00. The Kier molecular flexibility index (Phi) is 6.54. The van der Waals surface area contributed by atoms with Gasteiger partial charge in [0.15, 0.2) is 0 Å². The van der Waals surface area contributed by atoms with Crippen molar-refractivity contribution in [2.45, 2.75) is 13.5 Å². The number of benzene rings is 1. The van der Waals surface area contributed by atoms with E-state index in [0.717, 1.165) is 5.56 Å². The molecule has 1 aromatic rings. The molecule has 0 saturated carbocycles. The highest BCUT2D eigenvalue weighted by atomic mass is 35.5. The topological polar surface area (TPSA) is 26.3 Å². The second-order valence-electron chi connectivity index (χ2n) is 3.87. The van der Waals surface area contributed by atoms with Gasteiger partial charge in [-0.2, -0.15) is 0 Å². The molecule has 0 aromatic heterocycles. The lowest BCUT2D eigenvalue weighted by molar-refractivity contribution is -1.08. The van der Waals surface area contributed by atoms with E-state index in [1.165, 1.54) is 6.08 Å². The highest BCUT2D eigenvalue weighted by Crippen LogP contribution is 2.12. The van der Waals surface area contributed by atoms with Crippen molar-refractivity contribution in [3.8, 4) is 0 Å². The molecule has 0 aliphatic rings. The molecular weight excluding hydrogens is 238 g/mol. The molecule has 0 spiro atoms. The summed E-state index contributed by atoms with van der Waals surface area (Å²) in [7, 11) is 1.88. The van der Waals surface area contributed by atoms with Crippen molar-refractivity contribution in [3.63, 3.8) is 0 Å². The zero-order valence-electron chi connectivity index (χ0n) is 10.2. The Labute approximate surface area is 109 Å². The fraction of sp³-hybridized carbons (Fsp3) is 0.308. The maximum absolute atomic E-state index is 11.2. The van der Waals surface area contributed by atoms with Gasteiger partial charge in [-0.05, 0) is 6.92 Å². The lowest BCUT2D eigenvalue weighted by atomic mass is 10.2. The minimum atomic E-state index is -0.389. The third-order valence-electron chi connectivity index (χ3n) is 2.51. The Balaban J connectivity index is 0.00000256. The molecule has 0 fully saturated rings. The van der Waals surface area contributed by atoms with Gasteiger partial charge in [0.05, 0.1) is 0 Å². The minimum absolute atomic E-state index is 0. The molecule has 1 unspecified atom stereocenters. The predicted molar refractivity (Wildman–Crippen MR) is 63.2 cm³/mol. The number of quaternary nitrogens is 1. The molecule has 0 radical (unpaired) electrons. The van der Waals surface area contributed by atoms with Crippen molar-refractivity contribution in [2.24, 2.45) is 0 Å². The molecule has 0 aliphatic carbocycles. The summed E-state index contributed by atoms with van der Waals surface area (Å²) in [6.45, 7) is 6.77. The average molecular weight is 256 g/mol. The number of carbonyl (C=O) groups is 1. The van der Waals surface area contributed by atoms with Gasteiger partial charge in [-0.1, -0.05) is 36.9 Å². The Morgan fingerprint density at radius 2 is 2.00 bits per heavy atom. The van der Waals surface area contributed by atoms with Crippen LogP contribution >= 0.6 is 0 Å². The quantitative estimate of drug-likeness (QED) is 0.395. The van der Waals surface area contributed by atoms with Gasteiger partial charge in [0, 0.05) is 11.6 Å². The summed E-state index contributed by atoms with van der Waals surface area (Å²) in [4.78, 5) is 16.5. The highest BCUT2D eigenvalue weighted by Gasteiger charge is 2.25. The molecule has 0 bridgehead atoms. The molecular formula is C13H18ClNO2. The standard InChI is InChI=1S/C13H18NO2.ClH/c1-4-13(15)16-14(3,5-2)11-12-9-7-6-8-10-12;/h4,6-10H,1,5,11H2,2-3H3;1H/q+1;/p-1. The number of rotatable bonds is 5. The van der Waals surface area contributed by atoms with Crippen LogP contribution in [-0.2, 0) is 16.2 Å². The summed E-state index contributed by atoms with van der Waals surface area (Å²) in [6, 6.07) is 9.96. The van der Waals surface area contributed by atoms with Crippen molar-refractivity contribution in [1.29, 1.82) is 0 Å². The zero-order valence-corrected chi connectivity index (χ0v) is 11.0. The largest absolute Gasteiger partial charge is 1.00 e. The summed E-state index contributed by atoms with van der Waals surface area (Å²) in [6.07, 6.45) is 1.19. The third kappa shape index (κ3) is 5.02. The van der Waals surface area contributed by atoms with E-state index in [1.54, 1.807) is 0 Å². The van der Waals surface area contributed by atoms with Crippen molar-refractivity contribution in [3.05, 3.63) is 48.6 Å². The van der Waals surface area contributed by atoms with E-state index >= 15 is 0 Å². The summed E-state index contributed by atoms with van der Waals surface area (Å²) in [5.41, 5.74) is 1.14. The molecule has 0 heterocycles. The smallest absolute Gasteiger partial charge is 0.389 e. The van der Waals surface area contributed by atoms with Crippen LogP contribution in [0.25, 0.3) is 0 Å². The number of hydroxylamine groups is 3. The van der Waals surface area contributed by atoms with Crippen LogP contribution in [0.3, 0.4) is 0 Å². The summed E-state index contributed by atoms with van der Waals surface area (Å²) in [5, 5.41) is 0. The van der Waals surface area contributed by atoms with Gasteiger partial charge >= 0.3 is 5.97 Å². The normalized spacial score (nSPS) is 13.1. The maximum Gasteiger partial charge on any atom is 0.389 e. The van der Waals surface area contributed by atoms with E-state index < -0.39 is 0 Å². The molecule has 0 amide bonds. The predicted octanol–water partition coefficient (Wildman–Crippen LogP) is -0.699. The van der Waals surface area contributed by atoms with Crippen molar-refractivity contribution in [1.82, 2.24) is 0 Å².